The molecule has 0 radical (unpaired) electrons. The molecule has 3 N–H and O–H groups in total. The highest BCUT2D eigenvalue weighted by atomic mass is 127. The lowest BCUT2D eigenvalue weighted by Gasteiger charge is -2.25. The molecule has 1 saturated heterocycles. The zero-order chi connectivity index (χ0) is 16.6. The predicted octanol–water partition coefficient (Wildman–Crippen LogP) is 3.20. The van der Waals surface area contributed by atoms with E-state index in [1.807, 2.05) is 0 Å². The summed E-state index contributed by atoms with van der Waals surface area (Å²) in [7, 11) is 0. The van der Waals surface area contributed by atoms with Crippen LogP contribution in [-0.2, 0) is 22.6 Å². The van der Waals surface area contributed by atoms with E-state index in [2.05, 4.69) is 34.6 Å². The smallest absolute Gasteiger partial charge is 0.188 e. The Hall–Kier alpha value is -0.860. The minimum Gasteiger partial charge on any atom is -0.381 e. The second kappa shape index (κ2) is 11.0. The summed E-state index contributed by atoms with van der Waals surface area (Å²) < 4.78 is 11.3. The number of aliphatic imine (C=N–C) groups is 1. The van der Waals surface area contributed by atoms with Crippen LogP contribution in [0, 0.1) is 5.92 Å². The molecule has 6 heteroatoms. The largest absolute Gasteiger partial charge is 0.381 e. The van der Waals surface area contributed by atoms with Gasteiger partial charge in [0.15, 0.2) is 5.96 Å². The number of nitrogens with one attached hydrogen (secondary N) is 1. The molecule has 0 atom stereocenters. The van der Waals surface area contributed by atoms with Crippen molar-refractivity contribution in [2.75, 3.05) is 19.8 Å². The van der Waals surface area contributed by atoms with E-state index in [-0.39, 0.29) is 24.0 Å². The van der Waals surface area contributed by atoms with Gasteiger partial charge in [-0.1, -0.05) is 30.7 Å². The van der Waals surface area contributed by atoms with Crippen LogP contribution in [0.2, 0.25) is 0 Å². The molecule has 1 saturated carbocycles. The maximum Gasteiger partial charge on any atom is 0.188 e. The fourth-order valence-electron chi connectivity index (χ4n) is 2.98. The fraction of sp³-hybridized carbons (Fsp3) is 0.632. The molecule has 0 amide bonds. The van der Waals surface area contributed by atoms with Crippen LogP contribution >= 0.6 is 24.0 Å². The first-order valence-corrected chi connectivity index (χ1v) is 9.10. The van der Waals surface area contributed by atoms with Crippen LogP contribution in [0.25, 0.3) is 0 Å². The van der Waals surface area contributed by atoms with Gasteiger partial charge in [-0.15, -0.1) is 24.0 Å². The van der Waals surface area contributed by atoms with E-state index in [0.717, 1.165) is 38.5 Å². The molecule has 1 aromatic rings. The Balaban J connectivity index is 0.00000225. The first-order chi connectivity index (χ1) is 11.8. The summed E-state index contributed by atoms with van der Waals surface area (Å²) in [6, 6.07) is 8.43. The first-order valence-electron chi connectivity index (χ1n) is 9.10. The molecular weight excluding hydrogens is 429 g/mol. The van der Waals surface area contributed by atoms with Crippen molar-refractivity contribution >= 4 is 29.9 Å². The molecule has 0 aromatic heterocycles. The summed E-state index contributed by atoms with van der Waals surface area (Å²) in [5.41, 5.74) is 8.28. The number of hydrogen-bond acceptors (Lipinski definition) is 3. The summed E-state index contributed by atoms with van der Waals surface area (Å²) in [6.45, 7) is 3.87. The third-order valence-electron chi connectivity index (χ3n) is 4.91. The topological polar surface area (TPSA) is 68.9 Å². The summed E-state index contributed by atoms with van der Waals surface area (Å²) in [4.78, 5) is 4.41. The molecule has 0 bridgehead atoms. The molecule has 5 nitrogen and oxygen atoms in total. The van der Waals surface area contributed by atoms with Crippen molar-refractivity contribution in [1.29, 1.82) is 0 Å². The lowest BCUT2D eigenvalue weighted by atomic mass is 9.85. The minimum atomic E-state index is 0. The van der Waals surface area contributed by atoms with Gasteiger partial charge in [0.25, 0.3) is 0 Å². The van der Waals surface area contributed by atoms with Crippen LogP contribution in [0.15, 0.2) is 29.3 Å². The number of ether oxygens (including phenoxy) is 2. The molecule has 3 rings (SSSR count). The van der Waals surface area contributed by atoms with Crippen molar-refractivity contribution in [3.05, 3.63) is 35.4 Å². The SMILES string of the molecule is I.NC(=NCc1ccc(COC2CCOCC2)cc1)NCC1CCC1. The molecule has 140 valence electrons. The molecule has 1 aliphatic carbocycles. The highest BCUT2D eigenvalue weighted by Crippen LogP contribution is 2.25. The van der Waals surface area contributed by atoms with Crippen molar-refractivity contribution < 1.29 is 9.47 Å². The number of rotatable bonds is 7. The molecule has 2 fully saturated rings. The quantitative estimate of drug-likeness (QED) is 0.374. The van der Waals surface area contributed by atoms with E-state index < -0.39 is 0 Å². The van der Waals surface area contributed by atoms with E-state index in [1.54, 1.807) is 0 Å². The summed E-state index contributed by atoms with van der Waals surface area (Å²) >= 11 is 0. The number of nitrogens with zero attached hydrogens (tertiary/aromatic N) is 1. The van der Waals surface area contributed by atoms with Crippen molar-refractivity contribution in [3.63, 3.8) is 0 Å². The van der Waals surface area contributed by atoms with Crippen molar-refractivity contribution in [2.45, 2.75) is 51.4 Å². The Morgan fingerprint density at radius 3 is 2.44 bits per heavy atom. The van der Waals surface area contributed by atoms with E-state index >= 15 is 0 Å². The van der Waals surface area contributed by atoms with Crippen molar-refractivity contribution in [1.82, 2.24) is 5.32 Å². The normalized spacial score (nSPS) is 19.1. The summed E-state index contributed by atoms with van der Waals surface area (Å²) in [5, 5.41) is 3.22. The minimum absolute atomic E-state index is 0. The lowest BCUT2D eigenvalue weighted by molar-refractivity contribution is -0.0390. The van der Waals surface area contributed by atoms with Crippen LogP contribution in [0.4, 0.5) is 0 Å². The number of benzene rings is 1. The monoisotopic (exact) mass is 459 g/mol. The summed E-state index contributed by atoms with van der Waals surface area (Å²) in [6.07, 6.45) is 6.33. The standard InChI is InChI=1S/C19H29N3O2.HI/c20-19(21-12-15-2-1-3-15)22-13-16-4-6-17(7-5-16)14-24-18-8-10-23-11-9-18;/h4-7,15,18H,1-3,8-14H2,(H3,20,21,22);1H. The van der Waals surface area contributed by atoms with Gasteiger partial charge < -0.3 is 20.5 Å². The van der Waals surface area contributed by atoms with Crippen molar-refractivity contribution in [3.8, 4) is 0 Å². The van der Waals surface area contributed by atoms with Gasteiger partial charge in [0.05, 0.1) is 19.3 Å². The average Bonchev–Trinajstić information content (AvgIpc) is 2.58. The fourth-order valence-corrected chi connectivity index (χ4v) is 2.98. The molecule has 1 aromatic carbocycles. The van der Waals surface area contributed by atoms with Gasteiger partial charge in [-0.3, -0.25) is 0 Å². The molecule has 25 heavy (non-hydrogen) atoms. The van der Waals surface area contributed by atoms with E-state index in [9.17, 15) is 0 Å². The highest BCUT2D eigenvalue weighted by molar-refractivity contribution is 14.0. The lowest BCUT2D eigenvalue weighted by Crippen LogP contribution is -2.37. The zero-order valence-corrected chi connectivity index (χ0v) is 17.1. The molecule has 2 aliphatic rings. The van der Waals surface area contributed by atoms with E-state index in [0.29, 0.717) is 25.2 Å². The maximum atomic E-state index is 5.94. The Morgan fingerprint density at radius 2 is 1.80 bits per heavy atom. The zero-order valence-electron chi connectivity index (χ0n) is 14.8. The van der Waals surface area contributed by atoms with Gasteiger partial charge in [-0.25, -0.2) is 4.99 Å². The Morgan fingerprint density at radius 1 is 1.12 bits per heavy atom. The molecule has 1 heterocycles. The predicted molar refractivity (Wildman–Crippen MR) is 111 cm³/mol. The van der Waals surface area contributed by atoms with Gasteiger partial charge in [0, 0.05) is 19.8 Å². The number of hydrogen-bond donors (Lipinski definition) is 2. The molecular formula is C19H30IN3O2. The van der Waals surface area contributed by atoms with Gasteiger partial charge in [0.2, 0.25) is 0 Å². The third kappa shape index (κ3) is 7.11. The van der Waals surface area contributed by atoms with Crippen LogP contribution in [0.1, 0.15) is 43.2 Å². The van der Waals surface area contributed by atoms with E-state index in [1.165, 1.54) is 30.4 Å². The van der Waals surface area contributed by atoms with Gasteiger partial charge in [-0.2, -0.15) is 0 Å². The Bertz CT molecular complexity index is 526. The van der Waals surface area contributed by atoms with E-state index in [4.69, 9.17) is 15.2 Å². The Labute approximate surface area is 167 Å². The van der Waals surface area contributed by atoms with Crippen LogP contribution in [-0.4, -0.2) is 31.8 Å². The highest BCUT2D eigenvalue weighted by Gasteiger charge is 2.16. The second-order valence-electron chi connectivity index (χ2n) is 6.82. The molecule has 0 unspecified atom stereocenters. The Kier molecular flexibility index (Phi) is 8.98. The summed E-state index contributed by atoms with van der Waals surface area (Å²) in [5.74, 6) is 1.34. The second-order valence-corrected chi connectivity index (χ2v) is 6.82. The van der Waals surface area contributed by atoms with Gasteiger partial charge >= 0.3 is 0 Å². The van der Waals surface area contributed by atoms with Crippen LogP contribution in [0.3, 0.4) is 0 Å². The maximum absolute atomic E-state index is 5.94. The number of guanidine groups is 1. The van der Waals surface area contributed by atoms with Crippen LogP contribution < -0.4 is 11.1 Å². The number of nitrogens with two attached hydrogens (primary N) is 1. The van der Waals surface area contributed by atoms with Crippen LogP contribution in [0.5, 0.6) is 0 Å². The number of halogens is 1. The molecule has 1 aliphatic heterocycles. The third-order valence-corrected chi connectivity index (χ3v) is 4.91. The average molecular weight is 459 g/mol. The van der Waals surface area contributed by atoms with Crippen molar-refractivity contribution in [2.24, 2.45) is 16.6 Å². The van der Waals surface area contributed by atoms with Gasteiger partial charge in [0.1, 0.15) is 0 Å². The molecule has 0 spiro atoms. The first kappa shape index (κ1) is 20.5. The van der Waals surface area contributed by atoms with Gasteiger partial charge in [-0.05, 0) is 42.7 Å².